The van der Waals surface area contributed by atoms with Crippen molar-refractivity contribution in [3.8, 4) is 5.75 Å². The number of aliphatic imine (C=N–C) groups is 1. The lowest BCUT2D eigenvalue weighted by Gasteiger charge is -2.25. The van der Waals surface area contributed by atoms with Crippen LogP contribution in [0.3, 0.4) is 0 Å². The average molecular weight is 426 g/mol. The Morgan fingerprint density at radius 1 is 1.10 bits per heavy atom. The molecule has 3 N–H and O–H groups in total. The highest BCUT2D eigenvalue weighted by atomic mass is 16.5. The van der Waals surface area contributed by atoms with Gasteiger partial charge in [0.05, 0.1) is 6.54 Å². The molecule has 0 saturated carbocycles. The highest BCUT2D eigenvalue weighted by Crippen LogP contribution is 2.17. The van der Waals surface area contributed by atoms with E-state index in [1.165, 1.54) is 12.5 Å². The molecule has 0 fully saturated rings. The van der Waals surface area contributed by atoms with Crippen molar-refractivity contribution < 1.29 is 9.53 Å². The van der Waals surface area contributed by atoms with Crippen LogP contribution < -0.4 is 20.7 Å². The number of rotatable bonds is 11. The molecule has 0 aliphatic carbocycles. The van der Waals surface area contributed by atoms with Crippen LogP contribution in [-0.2, 0) is 11.3 Å². The third kappa shape index (κ3) is 9.53. The summed E-state index contributed by atoms with van der Waals surface area (Å²) in [5.41, 5.74) is 2.05. The number of ether oxygens (including phenoxy) is 1. The molecule has 1 unspecified atom stereocenters. The molecule has 0 bridgehead atoms. The average Bonchev–Trinajstić information content (AvgIpc) is 2.75. The maximum atomic E-state index is 11.2. The van der Waals surface area contributed by atoms with Crippen molar-refractivity contribution in [3.63, 3.8) is 0 Å². The van der Waals surface area contributed by atoms with Gasteiger partial charge in [0.1, 0.15) is 12.4 Å². The molecule has 2 aromatic rings. The summed E-state index contributed by atoms with van der Waals surface area (Å²) in [5.74, 6) is 1.37. The number of hydrogen-bond acceptors (Lipinski definition) is 4. The molecule has 0 aromatic heterocycles. The Labute approximate surface area is 185 Å². The summed E-state index contributed by atoms with van der Waals surface area (Å²) >= 11 is 0. The van der Waals surface area contributed by atoms with Crippen LogP contribution in [0.1, 0.15) is 25.8 Å². The van der Waals surface area contributed by atoms with Gasteiger partial charge < -0.3 is 20.7 Å². The number of amides is 1. The quantitative estimate of drug-likeness (QED) is 0.293. The van der Waals surface area contributed by atoms with Crippen molar-refractivity contribution in [2.75, 3.05) is 39.1 Å². The van der Waals surface area contributed by atoms with Crippen LogP contribution in [0.15, 0.2) is 59.6 Å². The van der Waals surface area contributed by atoms with Crippen LogP contribution in [-0.4, -0.2) is 56.6 Å². The molecule has 168 valence electrons. The van der Waals surface area contributed by atoms with Crippen LogP contribution in [0.2, 0.25) is 0 Å². The lowest BCUT2D eigenvalue weighted by Crippen LogP contribution is -2.41. The lowest BCUT2D eigenvalue weighted by molar-refractivity contribution is -0.114. The van der Waals surface area contributed by atoms with E-state index in [9.17, 15) is 4.79 Å². The third-order valence-corrected chi connectivity index (χ3v) is 4.92. The summed E-state index contributed by atoms with van der Waals surface area (Å²) < 4.78 is 5.75. The van der Waals surface area contributed by atoms with Gasteiger partial charge in [-0.2, -0.15) is 0 Å². The van der Waals surface area contributed by atoms with E-state index in [1.807, 2.05) is 30.3 Å². The fraction of sp³-hybridized carbons (Fsp3) is 0.417. The number of nitrogens with one attached hydrogen (secondary N) is 3. The second-order valence-corrected chi connectivity index (χ2v) is 7.52. The van der Waals surface area contributed by atoms with E-state index in [0.29, 0.717) is 24.9 Å². The topological polar surface area (TPSA) is 78.0 Å². The summed E-state index contributed by atoms with van der Waals surface area (Å²) in [6.45, 7) is 6.60. The number of carbonyl (C=O) groups excluding carboxylic acids is 1. The molecule has 1 atom stereocenters. The maximum Gasteiger partial charge on any atom is 0.221 e. The number of nitrogens with zero attached hydrogens (tertiary/aromatic N) is 2. The van der Waals surface area contributed by atoms with Gasteiger partial charge in [-0.3, -0.25) is 14.7 Å². The van der Waals surface area contributed by atoms with E-state index in [2.05, 4.69) is 64.1 Å². The van der Waals surface area contributed by atoms with Crippen LogP contribution in [0.4, 0.5) is 5.69 Å². The van der Waals surface area contributed by atoms with Crippen molar-refractivity contribution in [2.24, 2.45) is 4.99 Å². The summed E-state index contributed by atoms with van der Waals surface area (Å²) in [5, 5.41) is 9.37. The molecule has 0 radical (unpaired) electrons. The Hall–Kier alpha value is -3.06. The van der Waals surface area contributed by atoms with Crippen LogP contribution >= 0.6 is 0 Å². The maximum absolute atomic E-state index is 11.2. The Morgan fingerprint density at radius 3 is 2.55 bits per heavy atom. The predicted molar refractivity (Wildman–Crippen MR) is 128 cm³/mol. The number of benzene rings is 2. The largest absolute Gasteiger partial charge is 0.492 e. The normalized spacial score (nSPS) is 12.4. The smallest absolute Gasteiger partial charge is 0.221 e. The van der Waals surface area contributed by atoms with E-state index in [0.717, 1.165) is 31.2 Å². The van der Waals surface area contributed by atoms with Crippen molar-refractivity contribution in [1.82, 2.24) is 15.5 Å². The van der Waals surface area contributed by atoms with E-state index >= 15 is 0 Å². The van der Waals surface area contributed by atoms with E-state index in [-0.39, 0.29) is 5.91 Å². The molecule has 0 aliphatic rings. The zero-order chi connectivity index (χ0) is 22.5. The second-order valence-electron chi connectivity index (χ2n) is 7.52. The van der Waals surface area contributed by atoms with Crippen LogP contribution in [0, 0.1) is 0 Å². The summed E-state index contributed by atoms with van der Waals surface area (Å²) in [7, 11) is 3.92. The van der Waals surface area contributed by atoms with E-state index in [1.54, 1.807) is 7.05 Å². The molecule has 0 spiro atoms. The van der Waals surface area contributed by atoms with Gasteiger partial charge >= 0.3 is 0 Å². The number of anilines is 1. The van der Waals surface area contributed by atoms with Gasteiger partial charge in [0.2, 0.25) is 5.91 Å². The standard InChI is InChI=1S/C24H35N5O2/c1-19(29(4)18-21-9-6-5-7-10-21)13-14-26-24(25-3)27-15-16-31-23-12-8-11-22(17-23)28-20(2)30/h5-12,17,19H,13-16,18H2,1-4H3,(H,28,30)(H2,25,26,27). The molecule has 1 amide bonds. The van der Waals surface area contributed by atoms with Crippen LogP contribution in [0.25, 0.3) is 0 Å². The number of hydrogen-bond donors (Lipinski definition) is 3. The van der Waals surface area contributed by atoms with Gasteiger partial charge in [-0.05, 0) is 38.1 Å². The molecule has 0 aliphatic heterocycles. The summed E-state index contributed by atoms with van der Waals surface area (Å²) in [6, 6.07) is 18.3. The summed E-state index contributed by atoms with van der Waals surface area (Å²) in [4.78, 5) is 17.8. The molecule has 0 saturated heterocycles. The van der Waals surface area contributed by atoms with Gasteiger partial charge in [-0.1, -0.05) is 36.4 Å². The first-order valence-electron chi connectivity index (χ1n) is 10.7. The third-order valence-electron chi connectivity index (χ3n) is 4.92. The SMILES string of the molecule is CN=C(NCCOc1cccc(NC(C)=O)c1)NCCC(C)N(C)Cc1ccccc1. The van der Waals surface area contributed by atoms with Gasteiger partial charge in [0.15, 0.2) is 5.96 Å². The lowest BCUT2D eigenvalue weighted by atomic mass is 10.1. The van der Waals surface area contributed by atoms with Crippen molar-refractivity contribution in [1.29, 1.82) is 0 Å². The van der Waals surface area contributed by atoms with E-state index < -0.39 is 0 Å². The Bertz CT molecular complexity index is 826. The predicted octanol–water partition coefficient (Wildman–Crippen LogP) is 3.10. The Balaban J connectivity index is 1.64. The van der Waals surface area contributed by atoms with Gasteiger partial charge in [0.25, 0.3) is 0 Å². The van der Waals surface area contributed by atoms with Gasteiger partial charge in [-0.15, -0.1) is 0 Å². The minimum absolute atomic E-state index is 0.103. The van der Waals surface area contributed by atoms with Crippen molar-refractivity contribution in [2.45, 2.75) is 32.9 Å². The van der Waals surface area contributed by atoms with Gasteiger partial charge in [0, 0.05) is 44.9 Å². The minimum Gasteiger partial charge on any atom is -0.492 e. The minimum atomic E-state index is -0.103. The highest BCUT2D eigenvalue weighted by molar-refractivity contribution is 5.88. The molecule has 7 heteroatoms. The molecule has 2 aromatic carbocycles. The molecule has 31 heavy (non-hydrogen) atoms. The zero-order valence-electron chi connectivity index (χ0n) is 19.0. The molecular formula is C24H35N5O2. The molecule has 0 heterocycles. The number of guanidine groups is 1. The van der Waals surface area contributed by atoms with Crippen LogP contribution in [0.5, 0.6) is 5.75 Å². The fourth-order valence-corrected chi connectivity index (χ4v) is 3.07. The zero-order valence-corrected chi connectivity index (χ0v) is 19.0. The fourth-order valence-electron chi connectivity index (χ4n) is 3.07. The first-order chi connectivity index (χ1) is 15.0. The molecular weight excluding hydrogens is 390 g/mol. The monoisotopic (exact) mass is 425 g/mol. The molecule has 2 rings (SSSR count). The highest BCUT2D eigenvalue weighted by Gasteiger charge is 2.09. The molecule has 7 nitrogen and oxygen atoms in total. The van der Waals surface area contributed by atoms with Crippen molar-refractivity contribution >= 4 is 17.6 Å². The number of carbonyl (C=O) groups is 1. The summed E-state index contributed by atoms with van der Waals surface area (Å²) in [6.07, 6.45) is 1.01. The van der Waals surface area contributed by atoms with Gasteiger partial charge in [-0.25, -0.2) is 0 Å². The second kappa shape index (κ2) is 13.3. The first kappa shape index (κ1) is 24.2. The van der Waals surface area contributed by atoms with E-state index in [4.69, 9.17) is 4.74 Å². The first-order valence-corrected chi connectivity index (χ1v) is 10.7. The van der Waals surface area contributed by atoms with Crippen molar-refractivity contribution in [3.05, 3.63) is 60.2 Å². The Kier molecular flexibility index (Phi) is 10.4. The Morgan fingerprint density at radius 2 is 1.84 bits per heavy atom.